The number of halogens is 1. The van der Waals surface area contributed by atoms with Gasteiger partial charge in [-0.15, -0.1) is 0 Å². The molecule has 2 heterocycles. The van der Waals surface area contributed by atoms with Crippen molar-refractivity contribution in [3.05, 3.63) is 0 Å². The van der Waals surface area contributed by atoms with Crippen LogP contribution in [-0.2, 0) is 0 Å². The minimum Gasteiger partial charge on any atom is -0.867 e. The van der Waals surface area contributed by atoms with Crippen molar-refractivity contribution in [1.29, 1.82) is 0 Å². The van der Waals surface area contributed by atoms with E-state index in [1.807, 2.05) is 0 Å². The third kappa shape index (κ3) is 11.0. The lowest BCUT2D eigenvalue weighted by atomic mass is 10.3. The van der Waals surface area contributed by atoms with Crippen LogP contribution in [0.3, 0.4) is 0 Å². The molecule has 0 aromatic heterocycles. The molecule has 0 aromatic rings. The number of quaternary nitrogens is 2. The molecule has 6 heteroatoms. The maximum Gasteiger partial charge on any atom is 0.121 e. The molecule has 0 amide bonds. The quantitative estimate of drug-likeness (QED) is 0.431. The van der Waals surface area contributed by atoms with E-state index in [1.54, 1.807) is 0 Å². The summed E-state index contributed by atoms with van der Waals surface area (Å²) in [5.74, 6) is 0. The first kappa shape index (κ1) is 17.8. The maximum absolute atomic E-state index is 9.89. The molecule has 108 valence electrons. The average molecular weight is 262 g/mol. The summed E-state index contributed by atoms with van der Waals surface area (Å²) in [5, 5.41) is 16.6. The largest absolute Gasteiger partial charge is 0.867 e. The third-order valence-corrected chi connectivity index (χ3v) is 3.55. The van der Waals surface area contributed by atoms with Gasteiger partial charge < -0.3 is 23.3 Å². The summed E-state index contributed by atoms with van der Waals surface area (Å²) in [6.07, 6.45) is 5.75. The van der Waals surface area contributed by atoms with Gasteiger partial charge in [0.05, 0.1) is 54.4 Å². The van der Waals surface area contributed by atoms with Crippen LogP contribution in [0.4, 0.5) is 4.32 Å². The van der Waals surface area contributed by atoms with Crippen molar-refractivity contribution in [1.82, 2.24) is 0 Å². The van der Waals surface area contributed by atoms with E-state index in [-0.39, 0.29) is 0 Å². The first-order valence-corrected chi connectivity index (χ1v) is 6.74. The predicted molar refractivity (Wildman–Crippen MR) is 69.0 cm³/mol. The van der Waals surface area contributed by atoms with Gasteiger partial charge in [-0.1, -0.05) is 0 Å². The monoisotopic (exact) mass is 262 g/mol. The zero-order valence-electron chi connectivity index (χ0n) is 12.3. The lowest BCUT2D eigenvalue weighted by molar-refractivity contribution is -0.877. The van der Waals surface area contributed by atoms with Crippen molar-refractivity contribution >= 4 is 7.40 Å². The molecule has 2 saturated heterocycles. The average Bonchev–Trinajstić information content (AvgIpc) is 2.74. The fourth-order valence-electron chi connectivity index (χ4n) is 2.38. The molecule has 2 rings (SSSR count). The first-order valence-electron chi connectivity index (χ1n) is 6.74. The van der Waals surface area contributed by atoms with Crippen molar-refractivity contribution in [2.75, 3.05) is 54.4 Å². The van der Waals surface area contributed by atoms with Crippen LogP contribution in [0.25, 0.3) is 0 Å². The summed E-state index contributed by atoms with van der Waals surface area (Å²) in [7, 11) is 6.03. The summed E-state index contributed by atoms with van der Waals surface area (Å²) >= 11 is 0. The Morgan fingerprint density at radius 1 is 0.722 bits per heavy atom. The number of hydrogen-bond acceptors (Lipinski definition) is 2. The summed E-state index contributed by atoms with van der Waals surface area (Å²) in [6.45, 7) is 5.56. The van der Waals surface area contributed by atoms with Crippen molar-refractivity contribution in [2.45, 2.75) is 25.7 Å². The normalized spacial score (nSPS) is 23.5. The van der Waals surface area contributed by atoms with Crippen LogP contribution in [0.2, 0.25) is 0 Å². The molecule has 0 unspecified atom stereocenters. The van der Waals surface area contributed by atoms with E-state index in [1.165, 1.54) is 60.8 Å². The summed E-state index contributed by atoms with van der Waals surface area (Å²) < 4.78 is 12.4. The second kappa shape index (κ2) is 8.10. The van der Waals surface area contributed by atoms with E-state index in [0.717, 1.165) is 0 Å². The Balaban J connectivity index is 0.000000253. The minimum atomic E-state index is -3.17. The van der Waals surface area contributed by atoms with Crippen LogP contribution < -0.4 is 10.0 Å². The molecule has 2 aliphatic heterocycles. The highest BCUT2D eigenvalue weighted by atomic mass is 19.1. The number of rotatable bonds is 0. The van der Waals surface area contributed by atoms with Gasteiger partial charge in [-0.3, -0.25) is 0 Å². The zero-order valence-corrected chi connectivity index (χ0v) is 12.3. The maximum atomic E-state index is 9.89. The Morgan fingerprint density at radius 2 is 0.889 bits per heavy atom. The summed E-state index contributed by atoms with van der Waals surface area (Å²) in [4.78, 5) is 0. The van der Waals surface area contributed by atoms with E-state index in [9.17, 15) is 4.32 Å². The molecule has 0 saturated carbocycles. The number of likely N-dealkylation sites (tertiary alicyclic amines) is 2. The standard InChI is InChI=1S/2C6H14N.BFO2/c2*1-7(2)5-3-4-6-7;2-1(3)4/h2*3-6H2,1-2H3;/q2*+1;-2. The van der Waals surface area contributed by atoms with Gasteiger partial charge in [0, 0.05) is 25.7 Å². The van der Waals surface area contributed by atoms with Crippen molar-refractivity contribution in [3.63, 3.8) is 0 Å². The fourth-order valence-corrected chi connectivity index (χ4v) is 2.38. The van der Waals surface area contributed by atoms with Crippen LogP contribution in [0.1, 0.15) is 25.7 Å². The van der Waals surface area contributed by atoms with Crippen molar-refractivity contribution in [2.24, 2.45) is 0 Å². The van der Waals surface area contributed by atoms with Crippen LogP contribution in [0.5, 0.6) is 0 Å². The highest BCUT2D eigenvalue weighted by Crippen LogP contribution is 2.11. The second-order valence-electron chi connectivity index (χ2n) is 6.45. The zero-order chi connectivity index (χ0) is 14.2. The van der Waals surface area contributed by atoms with Gasteiger partial charge in [-0.05, 0) is 0 Å². The van der Waals surface area contributed by atoms with Crippen molar-refractivity contribution < 1.29 is 23.3 Å². The Bertz CT molecular complexity index is 187. The Kier molecular flexibility index (Phi) is 8.02. The van der Waals surface area contributed by atoms with E-state index in [2.05, 4.69) is 28.2 Å². The molecule has 4 nitrogen and oxygen atoms in total. The topological polar surface area (TPSA) is 46.1 Å². The first-order chi connectivity index (χ1) is 8.15. The summed E-state index contributed by atoms with van der Waals surface area (Å²) in [5.41, 5.74) is 0. The molecule has 18 heavy (non-hydrogen) atoms. The van der Waals surface area contributed by atoms with E-state index < -0.39 is 7.40 Å². The number of hydrogen-bond donors (Lipinski definition) is 0. The van der Waals surface area contributed by atoms with E-state index in [4.69, 9.17) is 10.0 Å². The summed E-state index contributed by atoms with van der Waals surface area (Å²) in [6, 6.07) is 0. The molecule has 0 spiro atoms. The molecular weight excluding hydrogens is 234 g/mol. The van der Waals surface area contributed by atoms with Gasteiger partial charge in [0.15, 0.2) is 0 Å². The molecule has 0 radical (unpaired) electrons. The molecule has 2 aliphatic rings. The smallest absolute Gasteiger partial charge is 0.121 e. The van der Waals surface area contributed by atoms with Gasteiger partial charge >= 0.3 is 0 Å². The number of nitrogens with zero attached hydrogens (tertiary/aromatic N) is 2. The molecular formula is C12H28BFN2O2. The van der Waals surface area contributed by atoms with Gasteiger partial charge in [0.25, 0.3) is 0 Å². The predicted octanol–water partition coefficient (Wildman–Crippen LogP) is -0.625. The third-order valence-electron chi connectivity index (χ3n) is 3.55. The molecule has 0 N–H and O–H groups in total. The Hall–Kier alpha value is -0.165. The van der Waals surface area contributed by atoms with Crippen LogP contribution in [0, 0.1) is 0 Å². The van der Waals surface area contributed by atoms with Crippen LogP contribution in [0.15, 0.2) is 0 Å². The molecule has 0 aliphatic carbocycles. The van der Waals surface area contributed by atoms with E-state index >= 15 is 0 Å². The minimum absolute atomic E-state index is 1.25. The lowest BCUT2D eigenvalue weighted by Crippen LogP contribution is -2.39. The lowest BCUT2D eigenvalue weighted by Gasteiger charge is -2.21. The molecule has 0 atom stereocenters. The van der Waals surface area contributed by atoms with Gasteiger partial charge in [0.2, 0.25) is 0 Å². The van der Waals surface area contributed by atoms with Crippen molar-refractivity contribution in [3.8, 4) is 0 Å². The van der Waals surface area contributed by atoms with Gasteiger partial charge in [-0.2, -0.15) is 0 Å². The van der Waals surface area contributed by atoms with Crippen LogP contribution in [-0.4, -0.2) is 70.7 Å². The molecule has 2 fully saturated rings. The Morgan fingerprint density at radius 3 is 0.944 bits per heavy atom. The van der Waals surface area contributed by atoms with Gasteiger partial charge in [0.1, 0.15) is 7.40 Å². The molecule has 0 bridgehead atoms. The van der Waals surface area contributed by atoms with Gasteiger partial charge in [-0.25, -0.2) is 0 Å². The fraction of sp³-hybridized carbons (Fsp3) is 1.00. The highest BCUT2D eigenvalue weighted by molar-refractivity contribution is 6.27. The van der Waals surface area contributed by atoms with E-state index in [0.29, 0.717) is 0 Å². The van der Waals surface area contributed by atoms with Crippen LogP contribution >= 0.6 is 0 Å². The highest BCUT2D eigenvalue weighted by Gasteiger charge is 2.20. The SMILES string of the molecule is C[N+]1(C)CCCC1.C[N+]1(C)CCCC1.[O-]B([O-])F. The second-order valence-corrected chi connectivity index (χ2v) is 6.45. The Labute approximate surface area is 111 Å². The molecule has 0 aromatic carbocycles.